The Balaban J connectivity index is 2.54. The first-order chi connectivity index (χ1) is 12.1. The highest BCUT2D eigenvalue weighted by Gasteiger charge is 2.34. The molecule has 0 spiro atoms. The van der Waals surface area contributed by atoms with Crippen LogP contribution >= 0.6 is 22.7 Å². The van der Waals surface area contributed by atoms with Crippen molar-refractivity contribution >= 4 is 50.5 Å². The van der Waals surface area contributed by atoms with Gasteiger partial charge in [-0.05, 0) is 36.4 Å². The number of sulfonamides is 1. The van der Waals surface area contributed by atoms with Crippen molar-refractivity contribution in [2.24, 2.45) is 0 Å². The summed E-state index contributed by atoms with van der Waals surface area (Å²) in [6.45, 7) is 3.07. The molecule has 140 valence electrons. The van der Waals surface area contributed by atoms with Gasteiger partial charge in [0, 0.05) is 0 Å². The molecule has 2 aromatic rings. The summed E-state index contributed by atoms with van der Waals surface area (Å²) in [5, 5.41) is 1.65. The highest BCUT2D eigenvalue weighted by Crippen LogP contribution is 2.33. The van der Waals surface area contributed by atoms with Gasteiger partial charge in [0.2, 0.25) is 0 Å². The molecule has 2 rings (SSSR count). The first kappa shape index (κ1) is 20.1. The molecule has 0 aromatic carbocycles. The summed E-state index contributed by atoms with van der Waals surface area (Å²) in [5.41, 5.74) is 0.420. The largest absolute Gasteiger partial charge is 0.465 e. The van der Waals surface area contributed by atoms with Crippen molar-refractivity contribution in [2.75, 3.05) is 14.2 Å². The molecule has 0 aliphatic rings. The van der Waals surface area contributed by atoms with Crippen LogP contribution in [0.3, 0.4) is 0 Å². The minimum atomic E-state index is -4.41. The van der Waals surface area contributed by atoms with E-state index in [4.69, 9.17) is 0 Å². The lowest BCUT2D eigenvalue weighted by Gasteiger charge is -2.07. The molecular weight excluding hydrogens is 402 g/mol. The first-order valence-electron chi connectivity index (χ1n) is 7.05. The normalized spacial score (nSPS) is 11.1. The molecule has 2 aromatic heterocycles. The third kappa shape index (κ3) is 3.64. The summed E-state index contributed by atoms with van der Waals surface area (Å²) in [6, 6.07) is 1.68. The molecule has 1 amide bonds. The van der Waals surface area contributed by atoms with E-state index in [0.717, 1.165) is 25.6 Å². The number of aryl methyl sites for hydroxylation is 1. The number of thiophene rings is 2. The molecule has 0 bridgehead atoms. The van der Waals surface area contributed by atoms with Gasteiger partial charge < -0.3 is 9.47 Å². The maximum Gasteiger partial charge on any atom is 0.348 e. The van der Waals surface area contributed by atoms with Gasteiger partial charge in [-0.3, -0.25) is 4.79 Å². The van der Waals surface area contributed by atoms with Gasteiger partial charge >= 0.3 is 11.9 Å². The molecule has 0 aliphatic heterocycles. The zero-order valence-electron chi connectivity index (χ0n) is 14.2. The summed E-state index contributed by atoms with van der Waals surface area (Å²) in [5.74, 6) is -2.55. The van der Waals surface area contributed by atoms with E-state index in [1.165, 1.54) is 6.92 Å². The second kappa shape index (κ2) is 7.56. The van der Waals surface area contributed by atoms with E-state index >= 15 is 0 Å². The lowest BCUT2D eigenvalue weighted by Crippen LogP contribution is -2.31. The van der Waals surface area contributed by atoms with Crippen LogP contribution in [0.1, 0.15) is 40.8 Å². The SMILES string of the molecule is COC(=O)c1sc(S(=O)(=O)NC(=O)c2sccc2C)c(C(=O)OC)c1C. The number of ether oxygens (including phenoxy) is 2. The Hall–Kier alpha value is -2.24. The number of amides is 1. The summed E-state index contributed by atoms with van der Waals surface area (Å²) >= 11 is 1.62. The van der Waals surface area contributed by atoms with Gasteiger partial charge in [-0.15, -0.1) is 22.7 Å². The van der Waals surface area contributed by atoms with Gasteiger partial charge in [-0.25, -0.2) is 22.7 Å². The molecule has 0 atom stereocenters. The van der Waals surface area contributed by atoms with Crippen molar-refractivity contribution in [3.05, 3.63) is 37.9 Å². The summed E-state index contributed by atoms with van der Waals surface area (Å²) < 4.78 is 36.0. The van der Waals surface area contributed by atoms with Crippen LogP contribution in [0.25, 0.3) is 0 Å². The van der Waals surface area contributed by atoms with Crippen molar-refractivity contribution < 1.29 is 32.3 Å². The van der Waals surface area contributed by atoms with Crippen LogP contribution in [-0.4, -0.2) is 40.5 Å². The molecular formula is C15H15NO7S3. The highest BCUT2D eigenvalue weighted by atomic mass is 32.2. The minimum absolute atomic E-state index is 0.0620. The van der Waals surface area contributed by atoms with Crippen molar-refractivity contribution in [2.45, 2.75) is 18.1 Å². The third-order valence-corrected chi connectivity index (χ3v) is 7.55. The predicted molar refractivity (Wildman–Crippen MR) is 95.4 cm³/mol. The molecule has 11 heteroatoms. The van der Waals surface area contributed by atoms with Crippen LogP contribution in [0.2, 0.25) is 0 Å². The topological polar surface area (TPSA) is 116 Å². The summed E-state index contributed by atoms with van der Waals surface area (Å²) in [6.07, 6.45) is 0. The lowest BCUT2D eigenvalue weighted by atomic mass is 10.2. The molecule has 8 nitrogen and oxygen atoms in total. The molecule has 0 saturated carbocycles. The van der Waals surface area contributed by atoms with Gasteiger partial charge in [0.25, 0.3) is 15.9 Å². The van der Waals surface area contributed by atoms with E-state index in [9.17, 15) is 22.8 Å². The number of hydrogen-bond acceptors (Lipinski definition) is 9. The average Bonchev–Trinajstić information content (AvgIpc) is 3.16. The number of carbonyl (C=O) groups excluding carboxylic acids is 3. The van der Waals surface area contributed by atoms with Crippen LogP contribution in [0.4, 0.5) is 0 Å². The van der Waals surface area contributed by atoms with Crippen molar-refractivity contribution in [1.82, 2.24) is 4.72 Å². The van der Waals surface area contributed by atoms with Crippen LogP contribution < -0.4 is 4.72 Å². The number of hydrogen-bond donors (Lipinski definition) is 1. The quantitative estimate of drug-likeness (QED) is 0.741. The third-order valence-electron chi connectivity index (χ3n) is 3.41. The Morgan fingerprint density at radius 3 is 2.15 bits per heavy atom. The number of methoxy groups -OCH3 is 2. The van der Waals surface area contributed by atoms with Crippen LogP contribution in [0.5, 0.6) is 0 Å². The van der Waals surface area contributed by atoms with E-state index in [2.05, 4.69) is 9.47 Å². The van der Waals surface area contributed by atoms with E-state index in [1.54, 1.807) is 18.4 Å². The number of esters is 2. The van der Waals surface area contributed by atoms with Crippen molar-refractivity contribution in [1.29, 1.82) is 0 Å². The van der Waals surface area contributed by atoms with E-state index < -0.39 is 32.1 Å². The fourth-order valence-corrected chi connectivity index (χ4v) is 5.71. The Bertz CT molecular complexity index is 985. The fraction of sp³-hybridized carbons (Fsp3) is 0.267. The second-order valence-electron chi connectivity index (χ2n) is 5.07. The molecule has 0 unspecified atom stereocenters. The van der Waals surface area contributed by atoms with Crippen LogP contribution in [-0.2, 0) is 19.5 Å². The molecule has 0 saturated heterocycles. The molecule has 0 fully saturated rings. The van der Waals surface area contributed by atoms with Crippen LogP contribution in [0, 0.1) is 13.8 Å². The van der Waals surface area contributed by atoms with Gasteiger partial charge in [0.05, 0.1) is 24.7 Å². The Labute approximate surface area is 157 Å². The number of carbonyl (C=O) groups is 3. The van der Waals surface area contributed by atoms with Crippen LogP contribution in [0.15, 0.2) is 15.7 Å². The number of nitrogens with one attached hydrogen (secondary N) is 1. The lowest BCUT2D eigenvalue weighted by molar-refractivity contribution is 0.0596. The Kier molecular flexibility index (Phi) is 5.84. The fourth-order valence-electron chi connectivity index (χ4n) is 2.12. The summed E-state index contributed by atoms with van der Waals surface area (Å²) in [7, 11) is -2.20. The van der Waals surface area contributed by atoms with E-state index in [1.807, 2.05) is 4.72 Å². The second-order valence-corrected chi connectivity index (χ2v) is 8.88. The molecule has 0 radical (unpaired) electrons. The molecule has 2 heterocycles. The standard InChI is InChI=1S/C15H15NO7S3/c1-7-5-6-24-10(7)12(17)16-26(20,21)15-9(13(18)22-3)8(2)11(25-15)14(19)23-4/h5-6H,1-4H3,(H,16,17). The molecule has 26 heavy (non-hydrogen) atoms. The predicted octanol–water partition coefficient (Wildman–Crippen LogP) is 2.12. The monoisotopic (exact) mass is 417 g/mol. The minimum Gasteiger partial charge on any atom is -0.465 e. The van der Waals surface area contributed by atoms with E-state index in [0.29, 0.717) is 16.9 Å². The maximum absolute atomic E-state index is 12.7. The van der Waals surface area contributed by atoms with Gasteiger partial charge in [0.1, 0.15) is 4.88 Å². The number of rotatable bonds is 5. The Morgan fingerprint density at radius 2 is 1.65 bits per heavy atom. The molecule has 1 N–H and O–H groups in total. The first-order valence-corrected chi connectivity index (χ1v) is 10.2. The smallest absolute Gasteiger partial charge is 0.348 e. The van der Waals surface area contributed by atoms with Crippen molar-refractivity contribution in [3.63, 3.8) is 0 Å². The zero-order valence-corrected chi connectivity index (χ0v) is 16.7. The van der Waals surface area contributed by atoms with Gasteiger partial charge in [0.15, 0.2) is 4.21 Å². The maximum atomic E-state index is 12.7. The van der Waals surface area contributed by atoms with Gasteiger partial charge in [-0.2, -0.15) is 0 Å². The average molecular weight is 417 g/mol. The van der Waals surface area contributed by atoms with Crippen molar-refractivity contribution in [3.8, 4) is 0 Å². The highest BCUT2D eigenvalue weighted by molar-refractivity contribution is 7.92. The zero-order chi connectivity index (χ0) is 19.6. The molecule has 0 aliphatic carbocycles. The Morgan fingerprint density at radius 1 is 1.04 bits per heavy atom. The summed E-state index contributed by atoms with van der Waals surface area (Å²) in [4.78, 5) is 36.3. The van der Waals surface area contributed by atoms with Gasteiger partial charge in [-0.1, -0.05) is 0 Å². The van der Waals surface area contributed by atoms with E-state index in [-0.39, 0.29) is 20.9 Å².